The summed E-state index contributed by atoms with van der Waals surface area (Å²) in [6.45, 7) is 7.07. The molecule has 74 valence electrons. The van der Waals surface area contributed by atoms with Gasteiger partial charge in [-0.25, -0.2) is 0 Å². The second kappa shape index (κ2) is 115. The van der Waals surface area contributed by atoms with E-state index in [2.05, 4.69) is 0 Å². The molecule has 0 fully saturated rings. The number of hydrogen-bond acceptors (Lipinski definition) is 1. The molecule has 1 nitrogen and oxygen atoms in total. The van der Waals surface area contributed by atoms with Crippen molar-refractivity contribution in [2.75, 3.05) is 0 Å². The summed E-state index contributed by atoms with van der Waals surface area (Å²) in [5.74, 6) is 0. The van der Waals surface area contributed by atoms with Gasteiger partial charge in [-0.2, -0.15) is 0 Å². The van der Waals surface area contributed by atoms with Gasteiger partial charge in [0.15, 0.2) is 0 Å². The van der Waals surface area contributed by atoms with E-state index in [4.69, 9.17) is 8.91 Å². The van der Waals surface area contributed by atoms with Crippen molar-refractivity contribution in [3.63, 3.8) is 0 Å². The van der Waals surface area contributed by atoms with Gasteiger partial charge in [-0.3, -0.25) is 0 Å². The second-order valence-corrected chi connectivity index (χ2v) is 1.07. The molecule has 0 N–H and O–H groups in total. The maximum Gasteiger partial charge on any atom is 0.116 e. The fourth-order valence-electron chi connectivity index (χ4n) is 0. The van der Waals surface area contributed by atoms with Crippen molar-refractivity contribution < 1.29 is 10.3 Å². The van der Waals surface area contributed by atoms with Crippen LogP contribution in [-0.2, 0) is 4.79 Å². The molecular formula is C10H28O. The van der Waals surface area contributed by atoms with E-state index in [0.717, 1.165) is 12.7 Å². The summed E-state index contributed by atoms with van der Waals surface area (Å²) < 4.78 is 18.5. The van der Waals surface area contributed by atoms with Crippen molar-refractivity contribution in [2.24, 2.45) is 0 Å². The minimum Gasteiger partial charge on any atom is -0.304 e. The molecule has 0 spiro atoms. The zero-order valence-corrected chi connectivity index (χ0v) is 7.55. The van der Waals surface area contributed by atoms with E-state index in [1.165, 1.54) is 20.9 Å². The Kier molecular flexibility index (Phi) is 136. The molecule has 0 atom stereocenters. The number of hydrogen-bond donors (Lipinski definition) is 0. The van der Waals surface area contributed by atoms with Crippen LogP contribution in [-0.4, -0.2) is 6.29 Å². The highest BCUT2D eigenvalue weighted by Gasteiger charge is 1.35. The van der Waals surface area contributed by atoms with E-state index in [-0.39, 0.29) is 8.85 Å². The Bertz CT molecular complexity index is 71.8. The number of allylic oxidation sites excluding steroid dienone is 1. The third-order valence-corrected chi connectivity index (χ3v) is 0. The predicted octanol–water partition coefficient (Wildman–Crippen LogP) is 4.33. The molecule has 0 saturated carbocycles. The normalized spacial score (nSPS) is 8.18. The molecule has 11 heavy (non-hydrogen) atoms. The lowest BCUT2D eigenvalue weighted by Crippen LogP contribution is -1.36. The Labute approximate surface area is 79.2 Å². The van der Waals surface area contributed by atoms with Crippen LogP contribution in [0.3, 0.4) is 0 Å². The summed E-state index contributed by atoms with van der Waals surface area (Å²) in [5.41, 5.74) is 0. The van der Waals surface area contributed by atoms with Gasteiger partial charge in [-0.05, 0) is 13.8 Å². The zero-order valence-electron chi connectivity index (χ0n) is 10.6. The number of rotatable bonds is 0. The molecule has 1 heteroatoms. The van der Waals surface area contributed by atoms with Crippen molar-refractivity contribution in [3.05, 3.63) is 12.6 Å². The Morgan fingerprint density at radius 2 is 1.91 bits per heavy atom. The van der Waals surface area contributed by atoms with Gasteiger partial charge in [0.1, 0.15) is 6.29 Å². The fraction of sp³-hybridized carbons (Fsp3) is 0.700. The van der Waals surface area contributed by atoms with E-state index in [1.54, 1.807) is 6.08 Å². The van der Waals surface area contributed by atoms with Gasteiger partial charge in [0.2, 0.25) is 0 Å². The summed E-state index contributed by atoms with van der Waals surface area (Å²) in [4.78, 5) is 8.81. The fourth-order valence-corrected chi connectivity index (χ4v) is 0. The smallest absolute Gasteiger partial charge is 0.116 e. The first-order chi connectivity index (χ1) is 6.24. The van der Waals surface area contributed by atoms with Gasteiger partial charge in [0.25, 0.3) is 0 Å². The Hall–Kier alpha value is -0.590. The lowest BCUT2D eigenvalue weighted by Gasteiger charge is -1.48. The molecule has 0 aliphatic rings. The van der Waals surface area contributed by atoms with Crippen LogP contribution in [0.2, 0.25) is 0 Å². The Balaban J connectivity index is -0.0000000178. The average molecular weight is 167 g/mol. The zero-order chi connectivity index (χ0) is 11.5. The van der Waals surface area contributed by atoms with Crippen molar-refractivity contribution >= 4 is 6.29 Å². The standard InChI is InChI=1S/C3H8.C3H6.C2H4O.2CH4.H2/c2*1-3-2;1-2-3;;;/h3H2,1-2H3;3H,1H2,2H3;2H,1H3;2*1H4;1H/i2*1D;;1D;;. The molecule has 0 aliphatic heterocycles. The van der Waals surface area contributed by atoms with Crippen LogP contribution in [0.1, 0.15) is 54.5 Å². The van der Waals surface area contributed by atoms with Crippen LogP contribution < -0.4 is 0 Å². The summed E-state index contributed by atoms with van der Waals surface area (Å²) >= 11 is 0. The van der Waals surface area contributed by atoms with Crippen LogP contribution in [0.15, 0.2) is 12.6 Å². The highest BCUT2D eigenvalue weighted by molar-refractivity contribution is 5.44. The van der Waals surface area contributed by atoms with Crippen LogP contribution in [0, 0.1) is 0 Å². The molecule has 0 bridgehead atoms. The van der Waals surface area contributed by atoms with E-state index < -0.39 is 0 Å². The van der Waals surface area contributed by atoms with Crippen molar-refractivity contribution in [3.8, 4) is 0 Å². The molecule has 0 aliphatic carbocycles. The highest BCUT2D eigenvalue weighted by atomic mass is 16.1. The average Bonchev–Trinajstić information content (AvgIpc) is 2.22. The molecular weight excluding hydrogens is 136 g/mol. The summed E-state index contributed by atoms with van der Waals surface area (Å²) in [7, 11) is 1.25. The minimum atomic E-state index is 0. The maximum absolute atomic E-state index is 8.81. The largest absolute Gasteiger partial charge is 0.304 e. The SMILES string of the molecule is C.CC=O.[2H]C.[2H]C=CC.[2H]CCC.[HH]. The van der Waals surface area contributed by atoms with Crippen LogP contribution in [0.4, 0.5) is 0 Å². The van der Waals surface area contributed by atoms with Crippen LogP contribution in [0.5, 0.6) is 0 Å². The molecule has 0 aromatic rings. The van der Waals surface area contributed by atoms with E-state index in [0.29, 0.717) is 6.90 Å². The third kappa shape index (κ3) is 1480. The van der Waals surface area contributed by atoms with E-state index in [1.807, 2.05) is 13.8 Å². The second-order valence-electron chi connectivity index (χ2n) is 1.07. The lowest BCUT2D eigenvalue weighted by molar-refractivity contribution is -0.106. The minimum absolute atomic E-state index is 0. The maximum atomic E-state index is 8.81. The van der Waals surface area contributed by atoms with Gasteiger partial charge in [-0.15, -0.1) is 6.55 Å². The molecule has 0 heterocycles. The van der Waals surface area contributed by atoms with Crippen molar-refractivity contribution in [1.29, 1.82) is 0 Å². The molecule has 0 aromatic carbocycles. The van der Waals surface area contributed by atoms with Crippen molar-refractivity contribution in [2.45, 2.75) is 48.9 Å². The third-order valence-electron chi connectivity index (χ3n) is 0. The number of aldehydes is 1. The summed E-state index contributed by atoms with van der Waals surface area (Å²) in [5, 5.41) is 0. The lowest BCUT2D eigenvalue weighted by atomic mass is 10.6. The molecule has 0 amide bonds. The monoisotopic (exact) mass is 167 g/mol. The number of carbonyl (C=O) groups excluding carboxylic acids is 1. The van der Waals surface area contributed by atoms with Gasteiger partial charge in [-0.1, -0.05) is 41.1 Å². The first-order valence-corrected chi connectivity index (χ1v) is 2.93. The molecule has 0 saturated heterocycles. The predicted molar refractivity (Wildman–Crippen MR) is 59.2 cm³/mol. The first-order valence-electron chi connectivity index (χ1n) is 5.22. The van der Waals surface area contributed by atoms with Crippen molar-refractivity contribution in [1.82, 2.24) is 0 Å². The summed E-state index contributed by atoms with van der Waals surface area (Å²) in [6, 6.07) is 0. The van der Waals surface area contributed by atoms with Gasteiger partial charge in [0.05, 0.1) is 1.37 Å². The molecule has 0 aromatic heterocycles. The van der Waals surface area contributed by atoms with Gasteiger partial charge >= 0.3 is 0 Å². The molecule has 0 radical (unpaired) electrons. The Morgan fingerprint density at radius 3 is 1.91 bits per heavy atom. The van der Waals surface area contributed by atoms with Gasteiger partial charge in [0, 0.05) is 4.17 Å². The quantitative estimate of drug-likeness (QED) is 0.387. The highest BCUT2D eigenvalue weighted by Crippen LogP contribution is 1.56. The summed E-state index contributed by atoms with van der Waals surface area (Å²) in [6.07, 6.45) is 3.40. The van der Waals surface area contributed by atoms with E-state index >= 15 is 0 Å². The first kappa shape index (κ1) is 13.0. The van der Waals surface area contributed by atoms with Crippen LogP contribution >= 0.6 is 0 Å². The molecule has 0 rings (SSSR count). The van der Waals surface area contributed by atoms with E-state index in [9.17, 15) is 0 Å². The molecule has 0 unspecified atom stereocenters. The van der Waals surface area contributed by atoms with Crippen LogP contribution in [0.25, 0.3) is 0 Å². The Morgan fingerprint density at radius 1 is 1.73 bits per heavy atom. The van der Waals surface area contributed by atoms with Gasteiger partial charge < -0.3 is 4.79 Å². The topological polar surface area (TPSA) is 17.1 Å². The number of carbonyl (C=O) groups is 1.